The molecule has 3 heteroatoms. The number of hydrogen-bond acceptors (Lipinski definition) is 3. The average Bonchev–Trinajstić information content (AvgIpc) is 2.78. The highest BCUT2D eigenvalue weighted by Crippen LogP contribution is 2.38. The van der Waals surface area contributed by atoms with Gasteiger partial charge in [-0.15, -0.1) is 0 Å². The first kappa shape index (κ1) is 11.3. The van der Waals surface area contributed by atoms with Crippen LogP contribution in [0.15, 0.2) is 35.3 Å². The second kappa shape index (κ2) is 4.45. The Morgan fingerprint density at radius 2 is 2.22 bits per heavy atom. The van der Waals surface area contributed by atoms with Gasteiger partial charge in [0.1, 0.15) is 11.3 Å². The molecule has 1 aromatic rings. The minimum absolute atomic E-state index is 0.322. The van der Waals surface area contributed by atoms with E-state index in [4.69, 9.17) is 0 Å². The van der Waals surface area contributed by atoms with Crippen LogP contribution in [-0.4, -0.2) is 18.4 Å². The third-order valence-electron chi connectivity index (χ3n) is 3.96. The fourth-order valence-corrected chi connectivity index (χ4v) is 3.07. The molecule has 2 heterocycles. The minimum atomic E-state index is -0.322. The first-order valence-electron chi connectivity index (χ1n) is 6.59. The topological polar surface area (TPSA) is 48.2 Å². The van der Waals surface area contributed by atoms with Crippen molar-refractivity contribution in [1.82, 2.24) is 5.32 Å². The molecule has 0 spiro atoms. The fraction of sp³-hybridized carbons (Fsp3) is 0.467. The highest BCUT2D eigenvalue weighted by molar-refractivity contribution is 5.93. The maximum absolute atomic E-state index is 9.46. The second-order valence-corrected chi connectivity index (χ2v) is 5.26. The predicted molar refractivity (Wildman–Crippen MR) is 71.3 cm³/mol. The molecule has 1 fully saturated rings. The van der Waals surface area contributed by atoms with E-state index in [0.29, 0.717) is 6.04 Å². The van der Waals surface area contributed by atoms with Crippen molar-refractivity contribution in [2.75, 3.05) is 6.54 Å². The first-order chi connectivity index (χ1) is 8.82. The smallest absolute Gasteiger partial charge is 0.117 e. The van der Waals surface area contributed by atoms with Gasteiger partial charge in [0, 0.05) is 12.6 Å². The van der Waals surface area contributed by atoms with Gasteiger partial charge in [0.2, 0.25) is 0 Å². The lowest BCUT2D eigenvalue weighted by Crippen LogP contribution is -2.34. The van der Waals surface area contributed by atoms with Crippen molar-refractivity contribution < 1.29 is 0 Å². The molecule has 0 bridgehead atoms. The second-order valence-electron chi connectivity index (χ2n) is 5.26. The lowest BCUT2D eigenvalue weighted by molar-refractivity contribution is 0.432. The molecule has 1 aromatic carbocycles. The molecule has 0 aliphatic carbocycles. The number of fused-ring (bicyclic) bond motifs is 1. The SMILES string of the molecule is N#C[C@]12CCCN=C1N[C@@H](Cc1ccccc1)C2. The van der Waals surface area contributed by atoms with Crippen molar-refractivity contribution in [3.05, 3.63) is 35.9 Å². The molecule has 0 aromatic heterocycles. The van der Waals surface area contributed by atoms with Crippen LogP contribution in [-0.2, 0) is 6.42 Å². The Morgan fingerprint density at radius 1 is 1.39 bits per heavy atom. The molecule has 1 saturated heterocycles. The van der Waals surface area contributed by atoms with E-state index in [1.165, 1.54) is 5.56 Å². The Balaban J connectivity index is 1.77. The van der Waals surface area contributed by atoms with Gasteiger partial charge in [-0.05, 0) is 31.2 Å². The highest BCUT2D eigenvalue weighted by Gasteiger charge is 2.45. The van der Waals surface area contributed by atoms with Crippen molar-refractivity contribution >= 4 is 5.84 Å². The van der Waals surface area contributed by atoms with Crippen LogP contribution < -0.4 is 5.32 Å². The minimum Gasteiger partial charge on any atom is -0.369 e. The van der Waals surface area contributed by atoms with E-state index in [-0.39, 0.29) is 5.41 Å². The van der Waals surface area contributed by atoms with Crippen molar-refractivity contribution in [2.45, 2.75) is 31.7 Å². The van der Waals surface area contributed by atoms with Crippen LogP contribution in [0.1, 0.15) is 24.8 Å². The summed E-state index contributed by atoms with van der Waals surface area (Å²) in [5, 5.41) is 12.9. The van der Waals surface area contributed by atoms with Gasteiger partial charge in [-0.25, -0.2) is 0 Å². The zero-order valence-electron chi connectivity index (χ0n) is 10.4. The molecule has 0 unspecified atom stereocenters. The van der Waals surface area contributed by atoms with Crippen LogP contribution in [0.3, 0.4) is 0 Å². The van der Waals surface area contributed by atoms with Gasteiger partial charge in [-0.3, -0.25) is 4.99 Å². The molecule has 0 amide bonds. The lowest BCUT2D eigenvalue weighted by Gasteiger charge is -2.23. The fourth-order valence-electron chi connectivity index (χ4n) is 3.07. The molecule has 0 saturated carbocycles. The Kier molecular flexibility index (Phi) is 2.79. The summed E-state index contributed by atoms with van der Waals surface area (Å²) in [5.74, 6) is 0.942. The standard InChI is InChI=1S/C15H17N3/c16-11-15-7-4-8-17-14(15)18-13(10-15)9-12-5-2-1-3-6-12/h1-3,5-6,13H,4,7-10H2,(H,17,18)/t13-,15+/m0/s1. The zero-order chi connectivity index (χ0) is 12.4. The summed E-state index contributed by atoms with van der Waals surface area (Å²) < 4.78 is 0. The van der Waals surface area contributed by atoms with Gasteiger partial charge >= 0.3 is 0 Å². The Morgan fingerprint density at radius 3 is 2.94 bits per heavy atom. The molecular formula is C15H17N3. The molecule has 1 N–H and O–H groups in total. The maximum atomic E-state index is 9.46. The summed E-state index contributed by atoms with van der Waals surface area (Å²) >= 11 is 0. The highest BCUT2D eigenvalue weighted by atomic mass is 15.1. The van der Waals surface area contributed by atoms with Crippen molar-refractivity contribution in [1.29, 1.82) is 5.26 Å². The summed E-state index contributed by atoms with van der Waals surface area (Å²) in [6.45, 7) is 0.865. The van der Waals surface area contributed by atoms with Gasteiger partial charge in [0.25, 0.3) is 0 Å². The van der Waals surface area contributed by atoms with Gasteiger partial charge in [-0.1, -0.05) is 30.3 Å². The van der Waals surface area contributed by atoms with E-state index in [1.807, 2.05) is 6.07 Å². The molecule has 2 aliphatic rings. The van der Waals surface area contributed by atoms with Gasteiger partial charge in [0.05, 0.1) is 6.07 Å². The third-order valence-corrected chi connectivity index (χ3v) is 3.96. The summed E-state index contributed by atoms with van der Waals surface area (Å²) in [7, 11) is 0. The Bertz CT molecular complexity index is 500. The van der Waals surface area contributed by atoms with Crippen LogP contribution in [0.25, 0.3) is 0 Å². The molecule has 92 valence electrons. The van der Waals surface area contributed by atoms with E-state index in [1.54, 1.807) is 0 Å². The third kappa shape index (κ3) is 1.88. The van der Waals surface area contributed by atoms with Crippen LogP contribution in [0, 0.1) is 16.7 Å². The molecule has 2 aliphatic heterocycles. The molecule has 3 nitrogen and oxygen atoms in total. The van der Waals surface area contributed by atoms with E-state index in [9.17, 15) is 5.26 Å². The van der Waals surface area contributed by atoms with Crippen molar-refractivity contribution in [3.8, 4) is 6.07 Å². The Hall–Kier alpha value is -1.82. The van der Waals surface area contributed by atoms with E-state index in [2.05, 4.69) is 40.6 Å². The molecule has 3 rings (SSSR count). The normalized spacial score (nSPS) is 29.9. The number of aliphatic imine (C=N–C) groups is 1. The van der Waals surface area contributed by atoms with E-state index >= 15 is 0 Å². The number of amidine groups is 1. The van der Waals surface area contributed by atoms with Crippen molar-refractivity contribution in [2.24, 2.45) is 10.4 Å². The number of benzene rings is 1. The van der Waals surface area contributed by atoms with Crippen LogP contribution in [0.2, 0.25) is 0 Å². The quantitative estimate of drug-likeness (QED) is 0.860. The van der Waals surface area contributed by atoms with Gasteiger partial charge in [0.15, 0.2) is 0 Å². The largest absolute Gasteiger partial charge is 0.369 e. The summed E-state index contributed by atoms with van der Waals surface area (Å²) in [4.78, 5) is 4.51. The average molecular weight is 239 g/mol. The predicted octanol–water partition coefficient (Wildman–Crippen LogP) is 2.29. The molecule has 18 heavy (non-hydrogen) atoms. The summed E-state index contributed by atoms with van der Waals surface area (Å²) in [5.41, 5.74) is 1.000. The molecule has 0 radical (unpaired) electrons. The zero-order valence-corrected chi connectivity index (χ0v) is 10.4. The number of nitriles is 1. The van der Waals surface area contributed by atoms with E-state index < -0.39 is 0 Å². The Labute approximate surface area is 108 Å². The van der Waals surface area contributed by atoms with Gasteiger partial charge < -0.3 is 5.32 Å². The summed E-state index contributed by atoms with van der Waals surface area (Å²) in [6.07, 6.45) is 3.87. The molecular weight excluding hydrogens is 222 g/mol. The van der Waals surface area contributed by atoms with E-state index in [0.717, 1.165) is 38.1 Å². The first-order valence-corrected chi connectivity index (χ1v) is 6.59. The number of rotatable bonds is 2. The lowest BCUT2D eigenvalue weighted by atomic mass is 9.79. The van der Waals surface area contributed by atoms with Crippen LogP contribution in [0.4, 0.5) is 0 Å². The summed E-state index contributed by atoms with van der Waals surface area (Å²) in [6, 6.07) is 13.3. The number of nitrogens with zero attached hydrogens (tertiary/aromatic N) is 2. The number of hydrogen-bond donors (Lipinski definition) is 1. The van der Waals surface area contributed by atoms with Crippen LogP contribution in [0.5, 0.6) is 0 Å². The van der Waals surface area contributed by atoms with Gasteiger partial charge in [-0.2, -0.15) is 5.26 Å². The number of nitrogens with one attached hydrogen (secondary N) is 1. The van der Waals surface area contributed by atoms with Crippen molar-refractivity contribution in [3.63, 3.8) is 0 Å². The monoisotopic (exact) mass is 239 g/mol. The van der Waals surface area contributed by atoms with Crippen LogP contribution >= 0.6 is 0 Å². The molecule has 2 atom stereocenters. The maximum Gasteiger partial charge on any atom is 0.117 e.